The van der Waals surface area contributed by atoms with Crippen LogP contribution in [0.2, 0.25) is 0 Å². The molecule has 206 valence electrons. The molecule has 0 radical (unpaired) electrons. The van der Waals surface area contributed by atoms with E-state index in [4.69, 9.17) is 9.47 Å². The van der Waals surface area contributed by atoms with Crippen molar-refractivity contribution in [3.63, 3.8) is 0 Å². The first kappa shape index (κ1) is 28.4. The van der Waals surface area contributed by atoms with Crippen molar-refractivity contribution in [2.45, 2.75) is 25.7 Å². The molecule has 2 heteroatoms. The summed E-state index contributed by atoms with van der Waals surface area (Å²) >= 11 is 0. The topological polar surface area (TPSA) is 18.5 Å². The van der Waals surface area contributed by atoms with E-state index >= 15 is 0 Å². The number of allylic oxidation sites excluding steroid dienone is 2. The van der Waals surface area contributed by atoms with Crippen LogP contribution < -0.4 is 0 Å². The van der Waals surface area contributed by atoms with Crippen molar-refractivity contribution in [3.05, 3.63) is 155 Å². The molecule has 2 nitrogen and oxygen atoms in total. The molecule has 5 aromatic carbocycles. The number of hydrogen-bond acceptors (Lipinski definition) is 2. The van der Waals surface area contributed by atoms with Crippen LogP contribution in [0, 0.1) is 23.7 Å². The van der Waals surface area contributed by atoms with Crippen molar-refractivity contribution in [1.82, 2.24) is 0 Å². The molecule has 0 aliphatic rings. The number of rotatable bonds is 8. The zero-order valence-electron chi connectivity index (χ0n) is 24.2. The molecule has 0 spiro atoms. The van der Waals surface area contributed by atoms with Gasteiger partial charge < -0.3 is 9.47 Å². The standard InChI is InChI=1S/C40H34O2/c1-41-29-9-15-35-27-25-33-13-3-5-17-37(33)39(35)19-7-11-31-21-23-32(24-22-31)12-8-20-40-36(16-10-30-42-2)28-26-34-14-4-6-18-38(34)40/h3-6,9-10,13-14,17-18,21-30H,15-16,19-20H2,1-2H3/b29-9+,30-10+. The Hall–Kier alpha value is -5.18. The molecule has 0 aliphatic heterocycles. The molecule has 0 heterocycles. The van der Waals surface area contributed by atoms with Crippen LogP contribution in [-0.2, 0) is 35.2 Å². The molecule has 0 saturated heterocycles. The van der Waals surface area contributed by atoms with Crippen molar-refractivity contribution < 1.29 is 9.47 Å². The molecule has 0 atom stereocenters. The second-order valence-corrected chi connectivity index (χ2v) is 10.0. The number of methoxy groups -OCH3 is 2. The number of benzene rings is 5. The lowest BCUT2D eigenvalue weighted by molar-refractivity contribution is 0.336. The van der Waals surface area contributed by atoms with Crippen molar-refractivity contribution in [3.8, 4) is 23.7 Å². The van der Waals surface area contributed by atoms with Gasteiger partial charge in [0.1, 0.15) is 0 Å². The van der Waals surface area contributed by atoms with Crippen LogP contribution in [0.15, 0.2) is 122 Å². The molecule has 0 fully saturated rings. The maximum Gasteiger partial charge on any atom is 0.0788 e. The number of hydrogen-bond donors (Lipinski definition) is 0. The van der Waals surface area contributed by atoms with E-state index in [1.165, 1.54) is 43.8 Å². The van der Waals surface area contributed by atoms with Gasteiger partial charge in [-0.3, -0.25) is 0 Å². The van der Waals surface area contributed by atoms with Crippen LogP contribution in [-0.4, -0.2) is 14.2 Å². The van der Waals surface area contributed by atoms with Gasteiger partial charge in [0.2, 0.25) is 0 Å². The van der Waals surface area contributed by atoms with Crippen molar-refractivity contribution in [1.29, 1.82) is 0 Å². The third-order valence-corrected chi connectivity index (χ3v) is 7.30. The van der Waals surface area contributed by atoms with Crippen molar-refractivity contribution in [2.24, 2.45) is 0 Å². The summed E-state index contributed by atoms with van der Waals surface area (Å²) in [5.74, 6) is 13.5. The van der Waals surface area contributed by atoms with Gasteiger partial charge in [0, 0.05) is 24.0 Å². The van der Waals surface area contributed by atoms with Crippen LogP contribution in [0.1, 0.15) is 33.4 Å². The van der Waals surface area contributed by atoms with E-state index in [1.54, 1.807) is 26.7 Å². The summed E-state index contributed by atoms with van der Waals surface area (Å²) in [5.41, 5.74) is 7.06. The molecule has 0 saturated carbocycles. The van der Waals surface area contributed by atoms with Gasteiger partial charge in [0.05, 0.1) is 26.7 Å². The molecule has 0 aromatic heterocycles. The first-order valence-electron chi connectivity index (χ1n) is 14.2. The fraction of sp³-hybridized carbons (Fsp3) is 0.150. The van der Waals surface area contributed by atoms with Crippen LogP contribution in [0.3, 0.4) is 0 Å². The van der Waals surface area contributed by atoms with Crippen LogP contribution in [0.5, 0.6) is 0 Å². The molecule has 0 aliphatic carbocycles. The maximum absolute atomic E-state index is 5.10. The summed E-state index contributed by atoms with van der Waals surface area (Å²) in [6.45, 7) is 0. The normalized spacial score (nSPS) is 10.9. The number of ether oxygens (including phenoxy) is 2. The Morgan fingerprint density at radius 3 is 1.38 bits per heavy atom. The molecule has 0 N–H and O–H groups in total. The zero-order chi connectivity index (χ0) is 29.0. The summed E-state index contributed by atoms with van der Waals surface area (Å²) in [7, 11) is 3.34. The Balaban J connectivity index is 1.31. The van der Waals surface area contributed by atoms with Crippen LogP contribution in [0.4, 0.5) is 0 Å². The molecular weight excluding hydrogens is 512 g/mol. The van der Waals surface area contributed by atoms with E-state index < -0.39 is 0 Å². The quantitative estimate of drug-likeness (QED) is 0.143. The molecule has 5 aromatic rings. The van der Waals surface area contributed by atoms with E-state index in [2.05, 4.69) is 121 Å². The van der Waals surface area contributed by atoms with Crippen molar-refractivity contribution in [2.75, 3.05) is 14.2 Å². The largest absolute Gasteiger partial charge is 0.505 e. The monoisotopic (exact) mass is 546 g/mol. The average molecular weight is 547 g/mol. The Labute approximate surface area is 249 Å². The molecule has 5 rings (SSSR count). The summed E-state index contributed by atoms with van der Waals surface area (Å²) in [4.78, 5) is 0. The minimum atomic E-state index is 0.687. The van der Waals surface area contributed by atoms with Gasteiger partial charge in [0.25, 0.3) is 0 Å². The highest BCUT2D eigenvalue weighted by Crippen LogP contribution is 2.25. The lowest BCUT2D eigenvalue weighted by atomic mass is 9.95. The number of fused-ring (bicyclic) bond motifs is 2. The van der Waals surface area contributed by atoms with Gasteiger partial charge in [0.15, 0.2) is 0 Å². The van der Waals surface area contributed by atoms with Gasteiger partial charge in [-0.2, -0.15) is 0 Å². The Morgan fingerprint density at radius 1 is 0.524 bits per heavy atom. The molecular formula is C40H34O2. The Bertz CT molecular complexity index is 1710. The van der Waals surface area contributed by atoms with Crippen LogP contribution in [0.25, 0.3) is 21.5 Å². The minimum Gasteiger partial charge on any atom is -0.505 e. The average Bonchev–Trinajstić information content (AvgIpc) is 3.03. The predicted molar refractivity (Wildman–Crippen MR) is 175 cm³/mol. The van der Waals surface area contributed by atoms with E-state index in [-0.39, 0.29) is 0 Å². The smallest absolute Gasteiger partial charge is 0.0788 e. The molecule has 0 unspecified atom stereocenters. The second-order valence-electron chi connectivity index (χ2n) is 10.0. The molecule has 42 heavy (non-hydrogen) atoms. The SMILES string of the molecule is CO/C=C/Cc1ccc2ccccc2c1CC#Cc1ccc(C#CCc2c(C/C=C/OC)ccc3ccccc23)cc1. The van der Waals surface area contributed by atoms with E-state index in [0.29, 0.717) is 12.8 Å². The maximum atomic E-state index is 5.10. The highest BCUT2D eigenvalue weighted by Gasteiger charge is 2.07. The van der Waals surface area contributed by atoms with Gasteiger partial charge in [-0.05, 0) is 93.1 Å². The summed E-state index contributed by atoms with van der Waals surface area (Å²) in [6, 6.07) is 34.0. The third-order valence-electron chi connectivity index (χ3n) is 7.30. The van der Waals surface area contributed by atoms with Gasteiger partial charge >= 0.3 is 0 Å². The minimum absolute atomic E-state index is 0.687. The fourth-order valence-electron chi connectivity index (χ4n) is 5.21. The first-order valence-corrected chi connectivity index (χ1v) is 14.2. The summed E-state index contributed by atoms with van der Waals surface area (Å²) < 4.78 is 10.2. The Morgan fingerprint density at radius 2 is 0.952 bits per heavy atom. The van der Waals surface area contributed by atoms with Crippen LogP contribution >= 0.6 is 0 Å². The zero-order valence-corrected chi connectivity index (χ0v) is 24.2. The Kier molecular flexibility index (Phi) is 9.76. The van der Waals surface area contributed by atoms with Crippen molar-refractivity contribution >= 4 is 21.5 Å². The lowest BCUT2D eigenvalue weighted by Crippen LogP contribution is -1.94. The lowest BCUT2D eigenvalue weighted by Gasteiger charge is -2.10. The van der Waals surface area contributed by atoms with E-state index in [1.807, 2.05) is 12.2 Å². The van der Waals surface area contributed by atoms with Gasteiger partial charge in [-0.1, -0.05) is 96.5 Å². The predicted octanol–water partition coefficient (Wildman–Crippen LogP) is 8.59. The highest BCUT2D eigenvalue weighted by molar-refractivity contribution is 5.88. The third kappa shape index (κ3) is 7.11. The first-order chi connectivity index (χ1) is 20.8. The highest BCUT2D eigenvalue weighted by atomic mass is 16.5. The fourth-order valence-corrected chi connectivity index (χ4v) is 5.21. The van der Waals surface area contributed by atoms with E-state index in [9.17, 15) is 0 Å². The molecule has 0 amide bonds. The molecule has 0 bridgehead atoms. The van der Waals surface area contributed by atoms with E-state index in [0.717, 1.165) is 24.0 Å². The van der Waals surface area contributed by atoms with Gasteiger partial charge in [-0.25, -0.2) is 0 Å². The summed E-state index contributed by atoms with van der Waals surface area (Å²) in [5, 5.41) is 4.98. The van der Waals surface area contributed by atoms with Gasteiger partial charge in [-0.15, -0.1) is 0 Å². The second kappa shape index (κ2) is 14.5. The summed E-state index contributed by atoms with van der Waals surface area (Å²) in [6.07, 6.45) is 10.5.